The van der Waals surface area contributed by atoms with Gasteiger partial charge in [0.05, 0.1) is 5.71 Å². The number of nitrogens with zero attached hydrogens (tertiary/aromatic N) is 2. The third-order valence-electron chi connectivity index (χ3n) is 3.94. The fraction of sp³-hybridized carbons (Fsp3) is 0.250. The average Bonchev–Trinajstić information content (AvgIpc) is 2.66. The number of hydrogen-bond acceptors (Lipinski definition) is 5. The van der Waals surface area contributed by atoms with E-state index in [4.69, 9.17) is 9.68 Å². The summed E-state index contributed by atoms with van der Waals surface area (Å²) in [5.41, 5.74) is 4.34. The summed E-state index contributed by atoms with van der Waals surface area (Å²) in [6.45, 7) is 4.03. The highest BCUT2D eigenvalue weighted by molar-refractivity contribution is 9.10. The van der Waals surface area contributed by atoms with Gasteiger partial charge in [-0.2, -0.15) is 0 Å². The molecular weight excluding hydrogens is 410 g/mol. The van der Waals surface area contributed by atoms with Gasteiger partial charge in [0.1, 0.15) is 13.7 Å². The lowest BCUT2D eigenvalue weighted by atomic mass is 9.98. The summed E-state index contributed by atoms with van der Waals surface area (Å²) in [5.74, 6) is -0.336. The number of carbonyl (C=O) groups excluding carboxylic acids is 1. The maximum atomic E-state index is 12.2. The van der Waals surface area contributed by atoms with Crippen molar-refractivity contribution in [2.75, 3.05) is 14.2 Å². The summed E-state index contributed by atoms with van der Waals surface area (Å²) < 4.78 is 0.974. The summed E-state index contributed by atoms with van der Waals surface area (Å²) in [5, 5.41) is 10.7. The Balaban J connectivity index is 2.27. The summed E-state index contributed by atoms with van der Waals surface area (Å²) in [6, 6.07) is 13.4. The van der Waals surface area contributed by atoms with E-state index < -0.39 is 0 Å². The van der Waals surface area contributed by atoms with Gasteiger partial charge in [-0.1, -0.05) is 56.6 Å². The topological polar surface area (TPSA) is 72.3 Å². The summed E-state index contributed by atoms with van der Waals surface area (Å²) in [6.07, 6.45) is 0. The van der Waals surface area contributed by atoms with Crippen LogP contribution in [0, 0.1) is 6.92 Å². The SMILES string of the molecule is CNC(=O)/C(=N/OC)c1cccc(C)c1CO/N=C(\C)c1cccc(Br)c1. The fourth-order valence-corrected chi connectivity index (χ4v) is 2.90. The normalized spacial score (nSPS) is 11.9. The Hall–Kier alpha value is -2.67. The van der Waals surface area contributed by atoms with Crippen LogP contribution in [-0.4, -0.2) is 31.5 Å². The Bertz CT molecular complexity index is 879. The lowest BCUT2D eigenvalue weighted by Gasteiger charge is -2.13. The first-order valence-electron chi connectivity index (χ1n) is 8.32. The van der Waals surface area contributed by atoms with Crippen LogP contribution in [0.25, 0.3) is 0 Å². The van der Waals surface area contributed by atoms with Gasteiger partial charge in [0, 0.05) is 28.2 Å². The number of benzene rings is 2. The van der Waals surface area contributed by atoms with Crippen LogP contribution < -0.4 is 5.32 Å². The Morgan fingerprint density at radius 3 is 2.59 bits per heavy atom. The van der Waals surface area contributed by atoms with Gasteiger partial charge in [-0.05, 0) is 31.5 Å². The Morgan fingerprint density at radius 1 is 1.19 bits per heavy atom. The number of aryl methyl sites for hydroxylation is 1. The first-order valence-corrected chi connectivity index (χ1v) is 9.11. The molecule has 0 aromatic heterocycles. The maximum Gasteiger partial charge on any atom is 0.273 e. The van der Waals surface area contributed by atoms with Crippen molar-refractivity contribution in [3.05, 3.63) is 69.2 Å². The van der Waals surface area contributed by atoms with Gasteiger partial charge in [0.25, 0.3) is 5.91 Å². The minimum absolute atomic E-state index is 0.190. The van der Waals surface area contributed by atoms with Gasteiger partial charge in [-0.15, -0.1) is 0 Å². The molecule has 0 atom stereocenters. The van der Waals surface area contributed by atoms with Crippen molar-refractivity contribution in [1.82, 2.24) is 5.32 Å². The van der Waals surface area contributed by atoms with Gasteiger partial charge in [-0.25, -0.2) is 0 Å². The molecule has 0 aliphatic heterocycles. The van der Waals surface area contributed by atoms with Crippen molar-refractivity contribution in [3.8, 4) is 0 Å². The van der Waals surface area contributed by atoms with E-state index in [0.29, 0.717) is 5.56 Å². The number of carbonyl (C=O) groups is 1. The highest BCUT2D eigenvalue weighted by atomic mass is 79.9. The van der Waals surface area contributed by atoms with Crippen LogP contribution in [0.2, 0.25) is 0 Å². The molecule has 27 heavy (non-hydrogen) atoms. The molecule has 0 saturated carbocycles. The van der Waals surface area contributed by atoms with Gasteiger partial charge in [-0.3, -0.25) is 4.79 Å². The summed E-state index contributed by atoms with van der Waals surface area (Å²) in [7, 11) is 2.95. The number of likely N-dealkylation sites (N-methyl/N-ethyl adjacent to an activating group) is 1. The molecule has 2 aromatic rings. The minimum Gasteiger partial charge on any atom is -0.398 e. The van der Waals surface area contributed by atoms with Crippen molar-refractivity contribution in [1.29, 1.82) is 0 Å². The predicted octanol–water partition coefficient (Wildman–Crippen LogP) is 3.79. The van der Waals surface area contributed by atoms with E-state index in [1.165, 1.54) is 7.11 Å². The lowest BCUT2D eigenvalue weighted by molar-refractivity contribution is -0.114. The molecule has 2 aromatic carbocycles. The van der Waals surface area contributed by atoms with E-state index in [1.807, 2.05) is 56.3 Å². The summed E-state index contributed by atoms with van der Waals surface area (Å²) >= 11 is 3.45. The molecule has 1 N–H and O–H groups in total. The molecule has 0 bridgehead atoms. The van der Waals surface area contributed by atoms with E-state index in [1.54, 1.807) is 7.05 Å². The van der Waals surface area contributed by atoms with Gasteiger partial charge >= 0.3 is 0 Å². The Labute approximate surface area is 167 Å². The molecule has 0 fully saturated rings. The van der Waals surface area contributed by atoms with E-state index in [9.17, 15) is 4.79 Å². The molecule has 0 heterocycles. The van der Waals surface area contributed by atoms with Crippen LogP contribution in [-0.2, 0) is 21.1 Å². The molecule has 0 aliphatic rings. The largest absolute Gasteiger partial charge is 0.398 e. The molecule has 0 aliphatic carbocycles. The van der Waals surface area contributed by atoms with Crippen molar-refractivity contribution >= 4 is 33.3 Å². The molecule has 7 heteroatoms. The zero-order valence-corrected chi connectivity index (χ0v) is 17.3. The second-order valence-corrected chi connectivity index (χ2v) is 6.68. The number of oxime groups is 2. The first kappa shape index (κ1) is 20.6. The smallest absolute Gasteiger partial charge is 0.273 e. The molecular formula is C20H22BrN3O3. The molecule has 1 amide bonds. The zero-order valence-electron chi connectivity index (χ0n) is 15.7. The first-order chi connectivity index (χ1) is 13.0. The Kier molecular flexibility index (Phi) is 7.55. The van der Waals surface area contributed by atoms with E-state index >= 15 is 0 Å². The average molecular weight is 432 g/mol. The van der Waals surface area contributed by atoms with Gasteiger partial charge < -0.3 is 15.0 Å². The van der Waals surface area contributed by atoms with E-state index in [-0.39, 0.29) is 18.2 Å². The molecule has 0 unspecified atom stereocenters. The highest BCUT2D eigenvalue weighted by Crippen LogP contribution is 2.18. The zero-order chi connectivity index (χ0) is 19.8. The van der Waals surface area contributed by atoms with Crippen LogP contribution in [0.3, 0.4) is 0 Å². The summed E-state index contributed by atoms with van der Waals surface area (Å²) in [4.78, 5) is 22.6. The van der Waals surface area contributed by atoms with E-state index in [2.05, 4.69) is 31.6 Å². The van der Waals surface area contributed by atoms with Crippen molar-refractivity contribution < 1.29 is 14.5 Å². The lowest BCUT2D eigenvalue weighted by Crippen LogP contribution is -2.29. The number of nitrogens with one attached hydrogen (secondary N) is 1. The number of rotatable bonds is 7. The third-order valence-corrected chi connectivity index (χ3v) is 4.44. The van der Waals surface area contributed by atoms with Crippen molar-refractivity contribution in [2.45, 2.75) is 20.5 Å². The molecule has 0 saturated heterocycles. The maximum absolute atomic E-state index is 12.2. The quantitative estimate of drug-likeness (QED) is 0.535. The monoisotopic (exact) mass is 431 g/mol. The minimum atomic E-state index is -0.336. The third kappa shape index (κ3) is 5.40. The van der Waals surface area contributed by atoms with Crippen LogP contribution in [0.15, 0.2) is 57.2 Å². The van der Waals surface area contributed by atoms with Crippen molar-refractivity contribution in [3.63, 3.8) is 0 Å². The predicted molar refractivity (Wildman–Crippen MR) is 110 cm³/mol. The fourth-order valence-electron chi connectivity index (χ4n) is 2.50. The second-order valence-electron chi connectivity index (χ2n) is 5.76. The van der Waals surface area contributed by atoms with Crippen molar-refractivity contribution in [2.24, 2.45) is 10.3 Å². The molecule has 142 valence electrons. The molecule has 0 radical (unpaired) electrons. The highest BCUT2D eigenvalue weighted by Gasteiger charge is 2.19. The van der Waals surface area contributed by atoms with Gasteiger partial charge in [0.15, 0.2) is 5.71 Å². The number of hydrogen-bond donors (Lipinski definition) is 1. The van der Waals surface area contributed by atoms with Crippen LogP contribution >= 0.6 is 15.9 Å². The van der Waals surface area contributed by atoms with Gasteiger partial charge in [0.2, 0.25) is 0 Å². The van der Waals surface area contributed by atoms with Crippen LogP contribution in [0.4, 0.5) is 0 Å². The molecule has 2 rings (SSSR count). The number of amides is 1. The standard InChI is InChI=1S/C20H22BrN3O3/c1-13-7-5-10-17(19(24-26-4)20(25)22-3)18(13)12-27-23-14(2)15-8-6-9-16(21)11-15/h5-11H,12H2,1-4H3,(H,22,25)/b23-14+,24-19+. The van der Waals surface area contributed by atoms with Crippen LogP contribution in [0.1, 0.15) is 29.2 Å². The molecule has 6 nitrogen and oxygen atoms in total. The Morgan fingerprint density at radius 2 is 1.93 bits per heavy atom. The molecule has 0 spiro atoms. The van der Waals surface area contributed by atoms with Crippen LogP contribution in [0.5, 0.6) is 0 Å². The second kappa shape index (κ2) is 9.87. The van der Waals surface area contributed by atoms with E-state index in [0.717, 1.165) is 26.9 Å². The number of halogens is 1.